The number of H-pyrrole nitrogens is 2. The van der Waals surface area contributed by atoms with E-state index in [-0.39, 0.29) is 0 Å². The molecule has 2 N–H and O–H groups in total. The second kappa shape index (κ2) is 2.96. The lowest BCUT2D eigenvalue weighted by molar-refractivity contribution is -0.330. The van der Waals surface area contributed by atoms with E-state index in [0.717, 1.165) is 16.9 Å². The minimum atomic E-state index is 1.08. The summed E-state index contributed by atoms with van der Waals surface area (Å²) in [5.74, 6) is 1.08. The highest BCUT2D eigenvalue weighted by Crippen LogP contribution is 2.21. The molecule has 0 spiro atoms. The Balaban J connectivity index is 2.24. The Morgan fingerprint density at radius 1 is 1.07 bits per heavy atom. The van der Waals surface area contributed by atoms with Crippen molar-refractivity contribution in [1.82, 2.24) is 4.98 Å². The fourth-order valence-corrected chi connectivity index (χ4v) is 2.23. The summed E-state index contributed by atoms with van der Waals surface area (Å²) >= 11 is 1.73. The Morgan fingerprint density at radius 3 is 2.79 bits per heavy atom. The van der Waals surface area contributed by atoms with Crippen molar-refractivity contribution in [2.45, 2.75) is 0 Å². The molecule has 14 heavy (non-hydrogen) atoms. The number of rotatable bonds is 1. The van der Waals surface area contributed by atoms with Crippen LogP contribution in [0.3, 0.4) is 0 Å². The molecule has 0 radical (unpaired) electrons. The van der Waals surface area contributed by atoms with Crippen LogP contribution in [0.4, 0.5) is 0 Å². The van der Waals surface area contributed by atoms with Gasteiger partial charge in [0.05, 0.1) is 0 Å². The zero-order valence-electron chi connectivity index (χ0n) is 7.45. The minimum absolute atomic E-state index is 1.08. The minimum Gasteiger partial charge on any atom is -0.236 e. The van der Waals surface area contributed by atoms with Crippen molar-refractivity contribution in [2.24, 2.45) is 0 Å². The summed E-state index contributed by atoms with van der Waals surface area (Å²) in [6.07, 6.45) is 0. The smallest absolute Gasteiger partial charge is 0.236 e. The van der Waals surface area contributed by atoms with E-state index in [2.05, 4.69) is 39.6 Å². The molecular weight excluding hydrogens is 192 g/mol. The highest BCUT2D eigenvalue weighted by molar-refractivity contribution is 7.13. The van der Waals surface area contributed by atoms with Crippen LogP contribution in [-0.2, 0) is 0 Å². The van der Waals surface area contributed by atoms with Crippen molar-refractivity contribution in [2.75, 3.05) is 0 Å². The van der Waals surface area contributed by atoms with Crippen LogP contribution >= 0.6 is 11.3 Å². The molecule has 0 aliphatic rings. The molecule has 0 saturated carbocycles. The van der Waals surface area contributed by atoms with Gasteiger partial charge in [-0.1, -0.05) is 18.2 Å². The number of thiophene rings is 1. The summed E-state index contributed by atoms with van der Waals surface area (Å²) in [4.78, 5) is 7.94. The second-order valence-electron chi connectivity index (χ2n) is 3.15. The first-order chi connectivity index (χ1) is 6.93. The average Bonchev–Trinajstić information content (AvgIpc) is 2.86. The van der Waals surface area contributed by atoms with E-state index < -0.39 is 0 Å². The maximum atomic E-state index is 3.35. The highest BCUT2D eigenvalue weighted by atomic mass is 32.1. The van der Waals surface area contributed by atoms with E-state index >= 15 is 0 Å². The number of imidazole rings is 1. The number of hydrogen-bond acceptors (Lipinski definition) is 1. The van der Waals surface area contributed by atoms with Crippen molar-refractivity contribution in [3.63, 3.8) is 0 Å². The van der Waals surface area contributed by atoms with Gasteiger partial charge in [-0.2, -0.15) is 0 Å². The summed E-state index contributed by atoms with van der Waals surface area (Å²) in [6.45, 7) is 0. The molecule has 0 aliphatic heterocycles. The van der Waals surface area contributed by atoms with Crippen LogP contribution in [0.2, 0.25) is 0 Å². The van der Waals surface area contributed by atoms with Gasteiger partial charge in [0, 0.05) is 0 Å². The maximum Gasteiger partial charge on any atom is 0.295 e. The summed E-state index contributed by atoms with van der Waals surface area (Å²) < 4.78 is 0. The van der Waals surface area contributed by atoms with E-state index in [9.17, 15) is 0 Å². The molecule has 3 heteroatoms. The first-order valence-electron chi connectivity index (χ1n) is 4.47. The number of aromatic nitrogens is 2. The number of aromatic amines is 2. The molecule has 3 rings (SSSR count). The molecule has 0 bridgehead atoms. The monoisotopic (exact) mass is 201 g/mol. The summed E-state index contributed by atoms with van der Waals surface area (Å²) in [5.41, 5.74) is 2.30. The molecule has 0 saturated heterocycles. The van der Waals surface area contributed by atoms with Crippen molar-refractivity contribution in [3.05, 3.63) is 41.8 Å². The lowest BCUT2D eigenvalue weighted by Gasteiger charge is -1.78. The van der Waals surface area contributed by atoms with Gasteiger partial charge >= 0.3 is 0 Å². The predicted octanol–water partition coefficient (Wildman–Crippen LogP) is 2.71. The molecule has 2 nitrogen and oxygen atoms in total. The molecule has 3 aromatic rings. The van der Waals surface area contributed by atoms with Gasteiger partial charge in [0.25, 0.3) is 5.82 Å². The molecule has 1 aromatic carbocycles. The van der Waals surface area contributed by atoms with Crippen molar-refractivity contribution >= 4 is 22.4 Å². The largest absolute Gasteiger partial charge is 0.295 e. The van der Waals surface area contributed by atoms with E-state index in [4.69, 9.17) is 0 Å². The standard InChI is InChI=1S/C11H8N2S/c1-2-5-9-8(4-1)12-11(13-9)10-6-3-7-14-10/h1-7H,(H,12,13)/p+1. The van der Waals surface area contributed by atoms with Crippen LogP contribution in [0.5, 0.6) is 0 Å². The first kappa shape index (κ1) is 7.76. The Kier molecular flexibility index (Phi) is 1.64. The van der Waals surface area contributed by atoms with Crippen molar-refractivity contribution < 1.29 is 4.98 Å². The van der Waals surface area contributed by atoms with Crippen LogP contribution in [-0.4, -0.2) is 4.98 Å². The van der Waals surface area contributed by atoms with E-state index in [1.165, 1.54) is 4.88 Å². The fourth-order valence-electron chi connectivity index (χ4n) is 1.55. The topological polar surface area (TPSA) is 29.9 Å². The Labute approximate surface area is 85.2 Å². The van der Waals surface area contributed by atoms with Gasteiger partial charge in [0.15, 0.2) is 11.0 Å². The van der Waals surface area contributed by atoms with Crippen LogP contribution < -0.4 is 4.98 Å². The molecule has 68 valence electrons. The van der Waals surface area contributed by atoms with E-state index in [1.54, 1.807) is 11.3 Å². The number of nitrogens with one attached hydrogen (secondary N) is 2. The third kappa shape index (κ3) is 1.14. The molecule has 2 aromatic heterocycles. The van der Waals surface area contributed by atoms with Gasteiger partial charge in [0.2, 0.25) is 0 Å². The predicted molar refractivity (Wildman–Crippen MR) is 58.2 cm³/mol. The van der Waals surface area contributed by atoms with Gasteiger partial charge in [-0.15, -0.1) is 11.3 Å². The molecule has 0 amide bonds. The van der Waals surface area contributed by atoms with Gasteiger partial charge in [-0.25, -0.2) is 9.97 Å². The van der Waals surface area contributed by atoms with Crippen LogP contribution in [0.1, 0.15) is 0 Å². The number of para-hydroxylation sites is 2. The SMILES string of the molecule is c1csc(-c2[nH]c3ccccc3[nH+]2)c1. The first-order valence-corrected chi connectivity index (χ1v) is 5.35. The number of fused-ring (bicyclic) bond motifs is 1. The Bertz CT molecular complexity index is 518. The zero-order valence-corrected chi connectivity index (χ0v) is 8.27. The van der Waals surface area contributed by atoms with Crippen LogP contribution in [0, 0.1) is 0 Å². The zero-order chi connectivity index (χ0) is 9.38. The normalized spacial score (nSPS) is 10.9. The lowest BCUT2D eigenvalue weighted by Crippen LogP contribution is -2.00. The van der Waals surface area contributed by atoms with Gasteiger partial charge in [0.1, 0.15) is 4.88 Å². The van der Waals surface area contributed by atoms with Gasteiger partial charge in [-0.3, -0.25) is 0 Å². The third-order valence-electron chi connectivity index (χ3n) is 2.21. The van der Waals surface area contributed by atoms with Crippen LogP contribution in [0.25, 0.3) is 21.7 Å². The number of benzene rings is 1. The summed E-state index contributed by atoms with van der Waals surface area (Å²) in [5, 5.41) is 2.08. The van der Waals surface area contributed by atoms with Crippen molar-refractivity contribution in [3.8, 4) is 10.7 Å². The lowest BCUT2D eigenvalue weighted by atomic mass is 10.3. The molecule has 0 aliphatic carbocycles. The van der Waals surface area contributed by atoms with Crippen molar-refractivity contribution in [1.29, 1.82) is 0 Å². The molecule has 0 fully saturated rings. The van der Waals surface area contributed by atoms with E-state index in [0.29, 0.717) is 0 Å². The van der Waals surface area contributed by atoms with Crippen LogP contribution in [0.15, 0.2) is 41.8 Å². The van der Waals surface area contributed by atoms with Gasteiger partial charge < -0.3 is 0 Å². The van der Waals surface area contributed by atoms with Gasteiger partial charge in [-0.05, 0) is 23.6 Å². The fraction of sp³-hybridized carbons (Fsp3) is 0. The highest BCUT2D eigenvalue weighted by Gasteiger charge is 2.11. The molecule has 0 atom stereocenters. The maximum absolute atomic E-state index is 3.35. The molecule has 2 heterocycles. The van der Waals surface area contributed by atoms with E-state index in [1.807, 2.05) is 12.1 Å². The second-order valence-corrected chi connectivity index (χ2v) is 4.10. The number of hydrogen-bond donors (Lipinski definition) is 1. The molecular formula is C11H9N2S+. The summed E-state index contributed by atoms with van der Waals surface area (Å²) in [6, 6.07) is 12.4. The quantitative estimate of drug-likeness (QED) is 0.627. The average molecular weight is 201 g/mol. The Hall–Kier alpha value is -1.61. The summed E-state index contributed by atoms with van der Waals surface area (Å²) in [7, 11) is 0. The Morgan fingerprint density at radius 2 is 2.00 bits per heavy atom. The third-order valence-corrected chi connectivity index (χ3v) is 3.10. The molecule has 0 unspecified atom stereocenters.